The van der Waals surface area contributed by atoms with Crippen molar-refractivity contribution >= 4 is 57.9 Å². The number of amides is 1. The maximum absolute atomic E-state index is 13.1. The Morgan fingerprint density at radius 3 is 2.18 bits per heavy atom. The van der Waals surface area contributed by atoms with E-state index in [1.807, 2.05) is 0 Å². The van der Waals surface area contributed by atoms with E-state index in [1.165, 1.54) is 36.3 Å². The molecule has 33 heavy (non-hydrogen) atoms. The van der Waals surface area contributed by atoms with E-state index in [0.717, 1.165) is 0 Å². The van der Waals surface area contributed by atoms with Gasteiger partial charge in [-0.05, 0) is 54.1 Å². The van der Waals surface area contributed by atoms with Crippen LogP contribution in [0.4, 0.5) is 5.69 Å². The summed E-state index contributed by atoms with van der Waals surface area (Å²) in [6, 6.07) is 14.2. The average Bonchev–Trinajstić information content (AvgIpc) is 3.04. The third kappa shape index (κ3) is 4.13. The number of anilines is 1. The minimum atomic E-state index is -1.03. The van der Waals surface area contributed by atoms with Gasteiger partial charge in [0.25, 0.3) is 11.7 Å². The number of Topliss-reactive ketones (excluding diaryl/α,β-unsaturated/α-hetero) is 1. The summed E-state index contributed by atoms with van der Waals surface area (Å²) in [4.78, 5) is 27.5. The van der Waals surface area contributed by atoms with Crippen molar-refractivity contribution in [3.8, 4) is 11.5 Å². The number of carbonyl (C=O) groups excluding carboxylic acids is 2. The highest BCUT2D eigenvalue weighted by molar-refractivity contribution is 6.52. The summed E-state index contributed by atoms with van der Waals surface area (Å²) in [7, 11) is 1.39. The standard InChI is InChI=1S/C24H16Cl3NO5/c1-33-23-17(26)10-13(11-18(23)27)21(30)19-20(12-3-2-4-16(29)9-12)28(24(32)22(19)31)15-7-5-14(25)6-8-15/h2-11,20,29-30H,1H3/b21-19+. The highest BCUT2D eigenvalue weighted by Gasteiger charge is 2.47. The molecule has 0 saturated carbocycles. The van der Waals surface area contributed by atoms with Crippen LogP contribution in [0.2, 0.25) is 15.1 Å². The molecule has 1 atom stereocenters. The number of phenolic OH excluding ortho intramolecular Hbond substituents is 1. The molecule has 3 aromatic rings. The number of hydrogen-bond acceptors (Lipinski definition) is 5. The molecule has 1 fully saturated rings. The number of benzene rings is 3. The molecule has 1 unspecified atom stereocenters. The number of nitrogens with zero attached hydrogens (tertiary/aromatic N) is 1. The lowest BCUT2D eigenvalue weighted by Gasteiger charge is -2.25. The van der Waals surface area contributed by atoms with Crippen LogP contribution in [-0.2, 0) is 9.59 Å². The molecule has 1 aliphatic rings. The van der Waals surface area contributed by atoms with Gasteiger partial charge in [-0.2, -0.15) is 0 Å². The lowest BCUT2D eigenvalue weighted by molar-refractivity contribution is -0.132. The Kier molecular flexibility index (Phi) is 6.26. The van der Waals surface area contributed by atoms with Crippen molar-refractivity contribution in [2.75, 3.05) is 12.0 Å². The zero-order chi connectivity index (χ0) is 23.9. The first-order valence-electron chi connectivity index (χ1n) is 9.61. The van der Waals surface area contributed by atoms with E-state index in [1.54, 1.807) is 36.4 Å². The molecular formula is C24H16Cl3NO5. The number of rotatable bonds is 4. The Morgan fingerprint density at radius 1 is 0.970 bits per heavy atom. The van der Waals surface area contributed by atoms with Crippen LogP contribution in [0.25, 0.3) is 5.76 Å². The summed E-state index contributed by atoms with van der Waals surface area (Å²) < 4.78 is 5.13. The molecule has 3 aromatic carbocycles. The molecule has 2 N–H and O–H groups in total. The average molecular weight is 505 g/mol. The SMILES string of the molecule is COc1c(Cl)cc(/C(O)=C2\C(=O)C(=O)N(c3ccc(Cl)cc3)C2c2cccc(O)c2)cc1Cl. The van der Waals surface area contributed by atoms with E-state index in [9.17, 15) is 19.8 Å². The van der Waals surface area contributed by atoms with Gasteiger partial charge in [0.1, 0.15) is 11.5 Å². The van der Waals surface area contributed by atoms with Crippen molar-refractivity contribution in [2.24, 2.45) is 0 Å². The van der Waals surface area contributed by atoms with Gasteiger partial charge in [-0.25, -0.2) is 0 Å². The topological polar surface area (TPSA) is 87.1 Å². The summed E-state index contributed by atoms with van der Waals surface area (Å²) in [5.41, 5.74) is 0.749. The van der Waals surface area contributed by atoms with Crippen LogP contribution in [0.1, 0.15) is 17.2 Å². The molecule has 1 amide bonds. The predicted molar refractivity (Wildman–Crippen MR) is 127 cm³/mol. The van der Waals surface area contributed by atoms with E-state index in [4.69, 9.17) is 39.5 Å². The maximum atomic E-state index is 13.1. The van der Waals surface area contributed by atoms with E-state index in [-0.39, 0.29) is 32.7 Å². The number of ether oxygens (including phenoxy) is 1. The van der Waals surface area contributed by atoms with Crippen molar-refractivity contribution in [3.63, 3.8) is 0 Å². The molecule has 6 nitrogen and oxygen atoms in total. The molecule has 0 spiro atoms. The molecule has 1 saturated heterocycles. The first-order valence-corrected chi connectivity index (χ1v) is 10.7. The highest BCUT2D eigenvalue weighted by atomic mass is 35.5. The number of methoxy groups -OCH3 is 1. The Hall–Kier alpha value is -3.19. The van der Waals surface area contributed by atoms with Gasteiger partial charge in [-0.15, -0.1) is 0 Å². The number of phenols is 1. The van der Waals surface area contributed by atoms with Crippen molar-refractivity contribution in [1.29, 1.82) is 0 Å². The smallest absolute Gasteiger partial charge is 0.300 e. The van der Waals surface area contributed by atoms with Crippen LogP contribution in [0.15, 0.2) is 66.2 Å². The second-order valence-corrected chi connectivity index (χ2v) is 8.46. The van der Waals surface area contributed by atoms with Crippen LogP contribution in [0.5, 0.6) is 11.5 Å². The number of carbonyl (C=O) groups is 2. The zero-order valence-electron chi connectivity index (χ0n) is 17.1. The number of aliphatic hydroxyl groups excluding tert-OH is 1. The molecule has 0 aromatic heterocycles. The largest absolute Gasteiger partial charge is 0.508 e. The first-order chi connectivity index (χ1) is 15.7. The molecule has 1 heterocycles. The lowest BCUT2D eigenvalue weighted by Crippen LogP contribution is -2.29. The van der Waals surface area contributed by atoms with Crippen LogP contribution >= 0.6 is 34.8 Å². The minimum absolute atomic E-state index is 0.0651. The van der Waals surface area contributed by atoms with E-state index < -0.39 is 23.5 Å². The Balaban J connectivity index is 1.96. The minimum Gasteiger partial charge on any atom is -0.508 e. The van der Waals surface area contributed by atoms with Gasteiger partial charge in [-0.3, -0.25) is 14.5 Å². The predicted octanol–water partition coefficient (Wildman–Crippen LogP) is 5.99. The number of ketones is 1. The Bertz CT molecular complexity index is 1280. The Morgan fingerprint density at radius 2 is 1.61 bits per heavy atom. The molecule has 4 rings (SSSR count). The van der Waals surface area contributed by atoms with E-state index >= 15 is 0 Å². The van der Waals surface area contributed by atoms with Gasteiger partial charge < -0.3 is 14.9 Å². The van der Waals surface area contributed by atoms with Crippen LogP contribution in [0.3, 0.4) is 0 Å². The lowest BCUT2D eigenvalue weighted by atomic mass is 9.95. The summed E-state index contributed by atoms with van der Waals surface area (Å²) in [5.74, 6) is -2.08. The fourth-order valence-corrected chi connectivity index (χ4v) is 4.53. The summed E-state index contributed by atoms with van der Waals surface area (Å²) >= 11 is 18.4. The third-order valence-corrected chi connectivity index (χ3v) is 6.02. The van der Waals surface area contributed by atoms with Gasteiger partial charge in [-0.1, -0.05) is 46.9 Å². The quantitative estimate of drug-likeness (QED) is 0.259. The second kappa shape index (κ2) is 8.98. The van der Waals surface area contributed by atoms with Crippen molar-refractivity contribution in [2.45, 2.75) is 6.04 Å². The van der Waals surface area contributed by atoms with E-state index in [0.29, 0.717) is 16.3 Å². The number of hydrogen-bond donors (Lipinski definition) is 2. The van der Waals surface area contributed by atoms with Crippen LogP contribution < -0.4 is 9.64 Å². The number of aromatic hydroxyl groups is 1. The fraction of sp³-hybridized carbons (Fsp3) is 0.0833. The first kappa shape index (κ1) is 23.0. The molecule has 168 valence electrons. The normalized spacial score (nSPS) is 17.5. The van der Waals surface area contributed by atoms with E-state index in [2.05, 4.69) is 0 Å². The fourth-order valence-electron chi connectivity index (χ4n) is 3.76. The van der Waals surface area contributed by atoms with Crippen molar-refractivity contribution in [3.05, 3.63) is 92.4 Å². The number of aliphatic hydroxyl groups is 1. The summed E-state index contributed by atoms with van der Waals surface area (Å²) in [5, 5.41) is 21.9. The molecule has 0 bridgehead atoms. The molecule has 0 aliphatic carbocycles. The van der Waals surface area contributed by atoms with Gasteiger partial charge in [0, 0.05) is 16.3 Å². The van der Waals surface area contributed by atoms with Gasteiger partial charge >= 0.3 is 0 Å². The van der Waals surface area contributed by atoms with Gasteiger partial charge in [0.2, 0.25) is 0 Å². The highest BCUT2D eigenvalue weighted by Crippen LogP contribution is 2.44. The van der Waals surface area contributed by atoms with Crippen molar-refractivity contribution < 1.29 is 24.5 Å². The number of halogens is 3. The van der Waals surface area contributed by atoms with Crippen LogP contribution in [-0.4, -0.2) is 29.0 Å². The Labute approximate surface area is 204 Å². The second-order valence-electron chi connectivity index (χ2n) is 7.21. The molecular weight excluding hydrogens is 489 g/mol. The van der Waals surface area contributed by atoms with Gasteiger partial charge in [0.05, 0.1) is 28.8 Å². The monoisotopic (exact) mass is 503 g/mol. The molecule has 0 radical (unpaired) electrons. The molecule has 1 aliphatic heterocycles. The zero-order valence-corrected chi connectivity index (χ0v) is 19.3. The van der Waals surface area contributed by atoms with Crippen LogP contribution in [0, 0.1) is 0 Å². The third-order valence-electron chi connectivity index (χ3n) is 5.21. The summed E-state index contributed by atoms with van der Waals surface area (Å²) in [6.45, 7) is 0. The maximum Gasteiger partial charge on any atom is 0.300 e. The van der Waals surface area contributed by atoms with Crippen molar-refractivity contribution in [1.82, 2.24) is 0 Å². The van der Waals surface area contributed by atoms with Gasteiger partial charge in [0.15, 0.2) is 5.75 Å². The summed E-state index contributed by atoms with van der Waals surface area (Å²) in [6.07, 6.45) is 0. The molecule has 9 heteroatoms.